The normalized spacial score (nSPS) is 13.2. The number of benzene rings is 2. The summed E-state index contributed by atoms with van der Waals surface area (Å²) in [7, 11) is 0. The van der Waals surface area contributed by atoms with Crippen molar-refractivity contribution in [2.75, 3.05) is 13.2 Å². The van der Waals surface area contributed by atoms with E-state index >= 15 is 0 Å². The molecule has 0 aliphatic heterocycles. The fraction of sp³-hybridized carbons (Fsp3) is 0.400. The molecule has 7 heteroatoms. The van der Waals surface area contributed by atoms with Crippen molar-refractivity contribution in [3.8, 4) is 11.1 Å². The number of ether oxygens (including phenoxy) is 1. The fourth-order valence-corrected chi connectivity index (χ4v) is 4.19. The minimum atomic E-state index is -1.09. The van der Waals surface area contributed by atoms with Gasteiger partial charge in [-0.2, -0.15) is 0 Å². The molecule has 1 aliphatic rings. The van der Waals surface area contributed by atoms with Crippen LogP contribution < -0.4 is 5.32 Å². The average Bonchev–Trinajstić information content (AvgIpc) is 3.09. The number of carboxylic acid groups (broad SMARTS) is 1. The molecule has 7 nitrogen and oxygen atoms in total. The number of carboxylic acids is 1. The van der Waals surface area contributed by atoms with Crippen LogP contribution in [0.1, 0.15) is 50.7 Å². The van der Waals surface area contributed by atoms with Gasteiger partial charge in [-0.3, -0.25) is 9.59 Å². The van der Waals surface area contributed by atoms with Crippen LogP contribution in [-0.4, -0.2) is 53.2 Å². The number of amides is 2. The van der Waals surface area contributed by atoms with Crippen molar-refractivity contribution in [1.29, 1.82) is 0 Å². The van der Waals surface area contributed by atoms with E-state index in [1.165, 1.54) is 4.90 Å². The number of hydrogen-bond donors (Lipinski definition) is 2. The Morgan fingerprint density at radius 3 is 2.09 bits per heavy atom. The summed E-state index contributed by atoms with van der Waals surface area (Å²) in [6, 6.07) is 15.0. The molecular formula is C25H30N2O5. The Morgan fingerprint density at radius 1 is 1.03 bits per heavy atom. The molecule has 2 aromatic carbocycles. The number of aliphatic carboxylic acids is 1. The quantitative estimate of drug-likeness (QED) is 0.617. The summed E-state index contributed by atoms with van der Waals surface area (Å²) >= 11 is 0. The van der Waals surface area contributed by atoms with E-state index in [9.17, 15) is 14.4 Å². The van der Waals surface area contributed by atoms with Gasteiger partial charge in [0.25, 0.3) is 0 Å². The summed E-state index contributed by atoms with van der Waals surface area (Å²) in [5.41, 5.74) is 4.49. The van der Waals surface area contributed by atoms with Crippen LogP contribution >= 0.6 is 0 Å². The molecule has 0 fully saturated rings. The molecule has 1 atom stereocenters. The topological polar surface area (TPSA) is 95.9 Å². The highest BCUT2D eigenvalue weighted by Crippen LogP contribution is 2.44. The first-order chi connectivity index (χ1) is 15.3. The van der Waals surface area contributed by atoms with Gasteiger partial charge in [-0.1, -0.05) is 61.9 Å². The Kier molecular flexibility index (Phi) is 7.51. The Balaban J connectivity index is 1.69. The predicted octanol–water partition coefficient (Wildman–Crippen LogP) is 4.02. The van der Waals surface area contributed by atoms with Gasteiger partial charge >= 0.3 is 12.1 Å². The molecule has 170 valence electrons. The summed E-state index contributed by atoms with van der Waals surface area (Å²) in [6.07, 6.45) is 0.364. The van der Waals surface area contributed by atoms with Gasteiger partial charge in [0.05, 0.1) is 0 Å². The van der Waals surface area contributed by atoms with Gasteiger partial charge in [-0.15, -0.1) is 0 Å². The lowest BCUT2D eigenvalue weighted by Crippen LogP contribution is -2.52. The molecule has 2 amide bonds. The number of rotatable bonds is 9. The zero-order valence-corrected chi connectivity index (χ0v) is 18.7. The highest BCUT2D eigenvalue weighted by Gasteiger charge is 2.31. The summed E-state index contributed by atoms with van der Waals surface area (Å²) in [5.74, 6) is -1.59. The molecule has 0 saturated carbocycles. The molecule has 0 spiro atoms. The first kappa shape index (κ1) is 23.3. The van der Waals surface area contributed by atoms with E-state index in [2.05, 4.69) is 17.4 Å². The van der Waals surface area contributed by atoms with E-state index < -0.39 is 30.6 Å². The first-order valence-corrected chi connectivity index (χ1v) is 11.0. The van der Waals surface area contributed by atoms with Gasteiger partial charge in [0, 0.05) is 12.0 Å². The molecule has 0 aromatic heterocycles. The zero-order valence-electron chi connectivity index (χ0n) is 18.7. The second kappa shape index (κ2) is 10.3. The summed E-state index contributed by atoms with van der Waals surface area (Å²) in [6.45, 7) is 5.13. The van der Waals surface area contributed by atoms with Crippen LogP contribution in [0.4, 0.5) is 4.79 Å². The van der Waals surface area contributed by atoms with E-state index in [-0.39, 0.29) is 18.6 Å². The number of fused-ring (bicyclic) bond motifs is 3. The minimum Gasteiger partial charge on any atom is -0.480 e. The third kappa shape index (κ3) is 5.10. The molecule has 1 aliphatic carbocycles. The van der Waals surface area contributed by atoms with Crippen molar-refractivity contribution in [2.24, 2.45) is 0 Å². The highest BCUT2D eigenvalue weighted by molar-refractivity contribution is 5.88. The lowest BCUT2D eigenvalue weighted by atomic mass is 9.98. The number of nitrogens with zero attached hydrogens (tertiary/aromatic N) is 1. The minimum absolute atomic E-state index is 0.0763. The van der Waals surface area contributed by atoms with Crippen molar-refractivity contribution in [2.45, 2.75) is 51.6 Å². The smallest absolute Gasteiger partial charge is 0.407 e. The lowest BCUT2D eigenvalue weighted by Gasteiger charge is -2.29. The third-order valence-corrected chi connectivity index (χ3v) is 5.72. The maximum Gasteiger partial charge on any atom is 0.407 e. The first-order valence-electron chi connectivity index (χ1n) is 11.0. The summed E-state index contributed by atoms with van der Waals surface area (Å²) in [5, 5.41) is 11.8. The van der Waals surface area contributed by atoms with Crippen LogP contribution in [0.25, 0.3) is 11.1 Å². The zero-order chi connectivity index (χ0) is 23.3. The SMILES string of the molecule is CCC[C@H](NC(=O)OCC1c2ccccc2-c2ccccc21)C(=O)N(CC(=O)O)C(C)C. The van der Waals surface area contributed by atoms with Gasteiger partial charge in [-0.05, 0) is 42.5 Å². The lowest BCUT2D eigenvalue weighted by molar-refractivity contribution is -0.146. The van der Waals surface area contributed by atoms with Crippen molar-refractivity contribution >= 4 is 18.0 Å². The molecule has 0 radical (unpaired) electrons. The van der Waals surface area contributed by atoms with E-state index in [4.69, 9.17) is 9.84 Å². The maximum absolute atomic E-state index is 12.9. The fourth-order valence-electron chi connectivity index (χ4n) is 4.19. The summed E-state index contributed by atoms with van der Waals surface area (Å²) in [4.78, 5) is 38.0. The Labute approximate surface area is 188 Å². The Bertz CT molecular complexity index is 942. The number of nitrogens with one attached hydrogen (secondary N) is 1. The monoisotopic (exact) mass is 438 g/mol. The second-order valence-corrected chi connectivity index (χ2v) is 8.26. The predicted molar refractivity (Wildman–Crippen MR) is 121 cm³/mol. The van der Waals surface area contributed by atoms with Crippen LogP contribution in [0.15, 0.2) is 48.5 Å². The van der Waals surface area contributed by atoms with E-state index in [1.54, 1.807) is 13.8 Å². The van der Waals surface area contributed by atoms with Crippen LogP contribution in [-0.2, 0) is 14.3 Å². The molecule has 0 heterocycles. The van der Waals surface area contributed by atoms with Gasteiger partial charge in [-0.25, -0.2) is 4.79 Å². The second-order valence-electron chi connectivity index (χ2n) is 8.26. The van der Waals surface area contributed by atoms with Crippen LogP contribution in [0.5, 0.6) is 0 Å². The van der Waals surface area contributed by atoms with Crippen molar-refractivity contribution in [3.05, 3.63) is 59.7 Å². The van der Waals surface area contributed by atoms with Crippen molar-refractivity contribution < 1.29 is 24.2 Å². The molecular weight excluding hydrogens is 408 g/mol. The van der Waals surface area contributed by atoms with Crippen molar-refractivity contribution in [3.63, 3.8) is 0 Å². The van der Waals surface area contributed by atoms with Gasteiger partial charge in [0.15, 0.2) is 0 Å². The van der Waals surface area contributed by atoms with Crippen LogP contribution in [0.2, 0.25) is 0 Å². The number of hydrogen-bond acceptors (Lipinski definition) is 4. The number of carbonyl (C=O) groups is 3. The molecule has 3 rings (SSSR count). The van der Waals surface area contributed by atoms with Crippen LogP contribution in [0, 0.1) is 0 Å². The molecule has 0 unspecified atom stereocenters. The summed E-state index contributed by atoms with van der Waals surface area (Å²) < 4.78 is 5.55. The standard InChI is InChI=1S/C25H30N2O5/c1-4-9-22(24(30)27(16(2)3)14-23(28)29)26-25(31)32-15-21-19-12-7-5-10-17(19)18-11-6-8-13-20(18)21/h5-8,10-13,16,21-22H,4,9,14-15H2,1-3H3,(H,26,31)(H,28,29)/t22-/m0/s1. The average molecular weight is 439 g/mol. The largest absolute Gasteiger partial charge is 0.480 e. The third-order valence-electron chi connectivity index (χ3n) is 5.72. The van der Waals surface area contributed by atoms with Gasteiger partial charge < -0.3 is 20.1 Å². The van der Waals surface area contributed by atoms with E-state index in [0.29, 0.717) is 12.8 Å². The van der Waals surface area contributed by atoms with Crippen LogP contribution in [0.3, 0.4) is 0 Å². The van der Waals surface area contributed by atoms with E-state index in [0.717, 1.165) is 22.3 Å². The molecule has 2 N–H and O–H groups in total. The maximum atomic E-state index is 12.9. The molecule has 2 aromatic rings. The van der Waals surface area contributed by atoms with Crippen molar-refractivity contribution in [1.82, 2.24) is 10.2 Å². The highest BCUT2D eigenvalue weighted by atomic mass is 16.5. The van der Waals surface area contributed by atoms with E-state index in [1.807, 2.05) is 43.3 Å². The number of alkyl carbamates (subject to hydrolysis) is 1. The Morgan fingerprint density at radius 2 is 1.59 bits per heavy atom. The van der Waals surface area contributed by atoms with Gasteiger partial charge in [0.1, 0.15) is 19.2 Å². The molecule has 0 bridgehead atoms. The molecule has 0 saturated heterocycles. The number of carbonyl (C=O) groups excluding carboxylic acids is 2. The molecule has 32 heavy (non-hydrogen) atoms. The van der Waals surface area contributed by atoms with Gasteiger partial charge in [0.2, 0.25) is 5.91 Å². The Hall–Kier alpha value is -3.35.